The van der Waals surface area contributed by atoms with Gasteiger partial charge in [-0.3, -0.25) is 4.68 Å². The fourth-order valence-corrected chi connectivity index (χ4v) is 1.30. The average molecular weight is 269 g/mol. The highest BCUT2D eigenvalue weighted by atomic mass is 16.4. The standard InChI is InChI=1S/C11H19N5O3/c1-11(2,9(17)18)16(4)10(19)12-6-5-8-13-7-15(3)14-8/h7H,5-6H2,1-4H3,(H,12,19)(H,17,18). The fourth-order valence-electron chi connectivity index (χ4n) is 1.30. The Morgan fingerprint density at radius 2 is 2.16 bits per heavy atom. The molecule has 2 amide bonds. The van der Waals surface area contributed by atoms with Crippen molar-refractivity contribution in [3.8, 4) is 0 Å². The molecule has 106 valence electrons. The van der Waals surface area contributed by atoms with Crippen LogP contribution in [0.25, 0.3) is 0 Å². The number of aliphatic carboxylic acids is 1. The normalized spacial score (nSPS) is 11.2. The molecule has 0 aromatic carbocycles. The van der Waals surface area contributed by atoms with E-state index >= 15 is 0 Å². The van der Waals surface area contributed by atoms with E-state index in [9.17, 15) is 9.59 Å². The van der Waals surface area contributed by atoms with Gasteiger partial charge in [0.1, 0.15) is 11.9 Å². The van der Waals surface area contributed by atoms with Gasteiger partial charge in [-0.2, -0.15) is 5.10 Å². The van der Waals surface area contributed by atoms with Crippen LogP contribution in [0.1, 0.15) is 19.7 Å². The largest absolute Gasteiger partial charge is 0.480 e. The van der Waals surface area contributed by atoms with E-state index in [1.54, 1.807) is 18.1 Å². The molecular weight excluding hydrogens is 250 g/mol. The lowest BCUT2D eigenvalue weighted by Gasteiger charge is -2.31. The van der Waals surface area contributed by atoms with Crippen LogP contribution in [0.3, 0.4) is 0 Å². The van der Waals surface area contributed by atoms with Gasteiger partial charge in [-0.1, -0.05) is 0 Å². The SMILES string of the molecule is CN(C(=O)NCCc1ncn(C)n1)C(C)(C)C(=O)O. The van der Waals surface area contributed by atoms with E-state index in [1.807, 2.05) is 0 Å². The molecule has 0 aliphatic carbocycles. The van der Waals surface area contributed by atoms with Gasteiger partial charge in [0.15, 0.2) is 5.82 Å². The number of urea groups is 1. The molecule has 1 aromatic heterocycles. The van der Waals surface area contributed by atoms with E-state index in [1.165, 1.54) is 20.9 Å². The molecule has 8 heteroatoms. The molecule has 0 radical (unpaired) electrons. The average Bonchev–Trinajstić information content (AvgIpc) is 2.73. The third-order valence-corrected chi connectivity index (χ3v) is 2.94. The number of hydrogen-bond acceptors (Lipinski definition) is 4. The van der Waals surface area contributed by atoms with Gasteiger partial charge >= 0.3 is 12.0 Å². The summed E-state index contributed by atoms with van der Waals surface area (Å²) in [5.74, 6) is -0.431. The molecule has 0 aliphatic rings. The Labute approximate surface area is 111 Å². The summed E-state index contributed by atoms with van der Waals surface area (Å²) in [5, 5.41) is 15.7. The molecule has 0 fully saturated rings. The Kier molecular flexibility index (Phi) is 4.47. The molecule has 1 aromatic rings. The molecule has 0 spiro atoms. The van der Waals surface area contributed by atoms with Gasteiger partial charge in [0.2, 0.25) is 0 Å². The molecule has 1 rings (SSSR count). The maximum Gasteiger partial charge on any atom is 0.329 e. The molecule has 0 bridgehead atoms. The summed E-state index contributed by atoms with van der Waals surface area (Å²) < 4.78 is 1.58. The first-order valence-electron chi connectivity index (χ1n) is 5.84. The zero-order valence-corrected chi connectivity index (χ0v) is 11.5. The smallest absolute Gasteiger partial charge is 0.329 e. The summed E-state index contributed by atoms with van der Waals surface area (Å²) in [4.78, 5) is 28.0. The molecule has 1 heterocycles. The number of carboxylic acids is 1. The van der Waals surface area contributed by atoms with Crippen LogP contribution in [0.2, 0.25) is 0 Å². The Hall–Kier alpha value is -2.12. The fraction of sp³-hybridized carbons (Fsp3) is 0.636. The number of hydrogen-bond donors (Lipinski definition) is 2. The number of carboxylic acid groups (broad SMARTS) is 1. The minimum absolute atomic E-state index is 0.350. The van der Waals surface area contributed by atoms with E-state index in [2.05, 4.69) is 15.4 Å². The van der Waals surface area contributed by atoms with Crippen molar-refractivity contribution in [2.75, 3.05) is 13.6 Å². The van der Waals surface area contributed by atoms with Crippen LogP contribution in [-0.4, -0.2) is 55.9 Å². The Bertz CT molecular complexity index is 469. The zero-order chi connectivity index (χ0) is 14.6. The molecule has 8 nitrogen and oxygen atoms in total. The highest BCUT2D eigenvalue weighted by Gasteiger charge is 2.35. The third kappa shape index (κ3) is 3.67. The number of amides is 2. The van der Waals surface area contributed by atoms with Crippen LogP contribution in [0, 0.1) is 0 Å². The zero-order valence-electron chi connectivity index (χ0n) is 11.5. The predicted octanol–water partition coefficient (Wildman–Crippen LogP) is -0.138. The van der Waals surface area contributed by atoms with Gasteiger partial charge in [0, 0.05) is 27.1 Å². The quantitative estimate of drug-likeness (QED) is 0.775. The monoisotopic (exact) mass is 269 g/mol. The van der Waals surface area contributed by atoms with Crippen molar-refractivity contribution in [1.82, 2.24) is 25.0 Å². The Morgan fingerprint density at radius 1 is 1.53 bits per heavy atom. The van der Waals surface area contributed by atoms with Gasteiger partial charge in [0.25, 0.3) is 0 Å². The second-order valence-corrected chi connectivity index (χ2v) is 4.74. The first kappa shape index (κ1) is 14.9. The number of aromatic nitrogens is 3. The maximum atomic E-state index is 11.8. The number of carbonyl (C=O) groups is 2. The topological polar surface area (TPSA) is 100 Å². The van der Waals surface area contributed by atoms with Crippen molar-refractivity contribution in [3.05, 3.63) is 12.2 Å². The number of nitrogens with zero attached hydrogens (tertiary/aromatic N) is 4. The van der Waals surface area contributed by atoms with Crippen LogP contribution >= 0.6 is 0 Å². The van der Waals surface area contributed by atoms with Crippen molar-refractivity contribution in [2.24, 2.45) is 7.05 Å². The van der Waals surface area contributed by atoms with Gasteiger partial charge in [-0.05, 0) is 13.8 Å². The van der Waals surface area contributed by atoms with E-state index in [0.717, 1.165) is 4.90 Å². The lowest BCUT2D eigenvalue weighted by molar-refractivity contribution is -0.146. The van der Waals surface area contributed by atoms with Crippen LogP contribution < -0.4 is 5.32 Å². The van der Waals surface area contributed by atoms with Crippen LogP contribution in [0.15, 0.2) is 6.33 Å². The highest BCUT2D eigenvalue weighted by molar-refractivity contribution is 5.85. The third-order valence-electron chi connectivity index (χ3n) is 2.94. The summed E-state index contributed by atoms with van der Waals surface area (Å²) in [6.45, 7) is 3.29. The Morgan fingerprint density at radius 3 is 2.63 bits per heavy atom. The summed E-state index contributed by atoms with van der Waals surface area (Å²) in [6.07, 6.45) is 2.07. The lowest BCUT2D eigenvalue weighted by Crippen LogP contribution is -2.54. The van der Waals surface area contributed by atoms with Crippen LogP contribution in [0.5, 0.6) is 0 Å². The highest BCUT2D eigenvalue weighted by Crippen LogP contribution is 2.12. The number of likely N-dealkylation sites (N-methyl/N-ethyl adjacent to an activating group) is 1. The van der Waals surface area contributed by atoms with Crippen LogP contribution in [-0.2, 0) is 18.3 Å². The molecule has 0 unspecified atom stereocenters. The lowest BCUT2D eigenvalue weighted by atomic mass is 10.1. The summed E-state index contributed by atoms with van der Waals surface area (Å²) in [5.41, 5.74) is -1.26. The molecule has 0 saturated carbocycles. The molecular formula is C11H19N5O3. The minimum Gasteiger partial charge on any atom is -0.480 e. The summed E-state index contributed by atoms with van der Waals surface area (Å²) >= 11 is 0. The van der Waals surface area contributed by atoms with Crippen molar-refractivity contribution in [3.63, 3.8) is 0 Å². The van der Waals surface area contributed by atoms with E-state index in [-0.39, 0.29) is 0 Å². The first-order valence-corrected chi connectivity index (χ1v) is 5.84. The van der Waals surface area contributed by atoms with Crippen molar-refractivity contribution < 1.29 is 14.7 Å². The number of carbonyl (C=O) groups excluding carboxylic acids is 1. The van der Waals surface area contributed by atoms with Crippen molar-refractivity contribution in [2.45, 2.75) is 25.8 Å². The second-order valence-electron chi connectivity index (χ2n) is 4.74. The van der Waals surface area contributed by atoms with E-state index in [0.29, 0.717) is 18.8 Å². The van der Waals surface area contributed by atoms with Crippen LogP contribution in [0.4, 0.5) is 4.79 Å². The molecule has 0 aliphatic heterocycles. The first-order chi connectivity index (χ1) is 8.75. The van der Waals surface area contributed by atoms with Gasteiger partial charge in [-0.15, -0.1) is 0 Å². The molecule has 2 N–H and O–H groups in total. The van der Waals surface area contributed by atoms with Gasteiger partial charge in [0.05, 0.1) is 0 Å². The number of nitrogens with one attached hydrogen (secondary N) is 1. The Balaban J connectivity index is 2.45. The number of aryl methyl sites for hydroxylation is 1. The van der Waals surface area contributed by atoms with Crippen molar-refractivity contribution >= 4 is 12.0 Å². The van der Waals surface area contributed by atoms with E-state index in [4.69, 9.17) is 5.11 Å². The van der Waals surface area contributed by atoms with Crippen molar-refractivity contribution in [1.29, 1.82) is 0 Å². The van der Waals surface area contributed by atoms with Gasteiger partial charge < -0.3 is 15.3 Å². The minimum atomic E-state index is -1.26. The summed E-state index contributed by atoms with van der Waals surface area (Å²) in [7, 11) is 3.21. The molecule has 0 atom stereocenters. The van der Waals surface area contributed by atoms with Gasteiger partial charge in [-0.25, -0.2) is 14.6 Å². The predicted molar refractivity (Wildman–Crippen MR) is 67.6 cm³/mol. The second kappa shape index (κ2) is 5.68. The summed E-state index contributed by atoms with van der Waals surface area (Å²) in [6, 6.07) is -0.441. The molecule has 0 saturated heterocycles. The molecule has 19 heavy (non-hydrogen) atoms. The maximum absolute atomic E-state index is 11.8. The number of rotatable bonds is 5. The van der Waals surface area contributed by atoms with E-state index < -0.39 is 17.5 Å².